The number of benzene rings is 2. The number of rotatable bonds is 3. The molecule has 4 heteroatoms. The van der Waals surface area contributed by atoms with Crippen LogP contribution in [-0.4, -0.2) is 36.1 Å². The average Bonchev–Trinajstić information content (AvgIpc) is 3.04. The molecule has 3 aromatic rings. The minimum atomic E-state index is 0. The number of hydrogen-bond acceptors (Lipinski definition) is 2. The van der Waals surface area contributed by atoms with Gasteiger partial charge in [-0.1, -0.05) is 23.8 Å². The largest absolute Gasteiger partial charge is 0.489 e. The van der Waals surface area contributed by atoms with Gasteiger partial charge in [-0.2, -0.15) is 0 Å². The van der Waals surface area contributed by atoms with E-state index in [0.717, 1.165) is 23.7 Å². The molecule has 0 saturated carbocycles. The van der Waals surface area contributed by atoms with Crippen LogP contribution in [0.4, 0.5) is 0 Å². The van der Waals surface area contributed by atoms with Crippen LogP contribution in [0.2, 0.25) is 0 Å². The summed E-state index contributed by atoms with van der Waals surface area (Å²) in [5, 5.41) is 2.53. The van der Waals surface area contributed by atoms with Crippen molar-refractivity contribution >= 4 is 34.2 Å². The highest BCUT2D eigenvalue weighted by Crippen LogP contribution is 2.34. The number of H-pyrrole nitrogens is 1. The molecule has 1 N–H and O–H groups in total. The molecule has 136 valence electrons. The van der Waals surface area contributed by atoms with E-state index < -0.39 is 0 Å². The molecule has 2 bridgehead atoms. The van der Waals surface area contributed by atoms with E-state index in [2.05, 4.69) is 59.3 Å². The SMILES string of the molecule is CC(COc1ccc2c(c1)[nH]c1ccccc12)=C1CN2CCC1CC2.Cl. The van der Waals surface area contributed by atoms with E-state index >= 15 is 0 Å². The first kappa shape index (κ1) is 17.4. The van der Waals surface area contributed by atoms with E-state index in [1.807, 2.05) is 0 Å². The van der Waals surface area contributed by atoms with Gasteiger partial charge in [-0.05, 0) is 62.5 Å². The second-order valence-corrected chi connectivity index (χ2v) is 7.52. The minimum Gasteiger partial charge on any atom is -0.489 e. The van der Waals surface area contributed by atoms with Gasteiger partial charge in [-0.25, -0.2) is 0 Å². The third-order valence-corrected chi connectivity index (χ3v) is 5.96. The number of aromatic amines is 1. The lowest BCUT2D eigenvalue weighted by atomic mass is 9.81. The number of hydrogen-bond donors (Lipinski definition) is 1. The topological polar surface area (TPSA) is 28.3 Å². The molecule has 1 aromatic heterocycles. The summed E-state index contributed by atoms with van der Waals surface area (Å²) in [6, 6.07) is 14.8. The minimum absolute atomic E-state index is 0. The number of fused-ring (bicyclic) bond motifs is 6. The van der Waals surface area contributed by atoms with Gasteiger partial charge >= 0.3 is 0 Å². The maximum absolute atomic E-state index is 6.14. The van der Waals surface area contributed by atoms with Crippen molar-refractivity contribution < 1.29 is 4.74 Å². The lowest BCUT2D eigenvalue weighted by molar-refractivity contribution is 0.158. The smallest absolute Gasteiger partial charge is 0.121 e. The Morgan fingerprint density at radius 3 is 2.62 bits per heavy atom. The van der Waals surface area contributed by atoms with Crippen LogP contribution in [-0.2, 0) is 0 Å². The van der Waals surface area contributed by atoms with E-state index in [4.69, 9.17) is 4.74 Å². The molecular weight excluding hydrogens is 344 g/mol. The Balaban J connectivity index is 0.00000168. The van der Waals surface area contributed by atoms with Crippen LogP contribution in [0.1, 0.15) is 19.8 Å². The normalized spacial score (nSPS) is 23.9. The van der Waals surface area contributed by atoms with Crippen molar-refractivity contribution in [2.24, 2.45) is 5.92 Å². The van der Waals surface area contributed by atoms with Crippen LogP contribution < -0.4 is 4.74 Å². The third kappa shape index (κ3) is 3.00. The van der Waals surface area contributed by atoms with Gasteiger partial charge in [0.05, 0.1) is 5.52 Å². The van der Waals surface area contributed by atoms with Crippen molar-refractivity contribution in [2.75, 3.05) is 26.2 Å². The predicted octanol–water partition coefficient (Wildman–Crippen LogP) is 5.16. The zero-order valence-electron chi connectivity index (χ0n) is 15.1. The van der Waals surface area contributed by atoms with Crippen molar-refractivity contribution in [1.29, 1.82) is 0 Å². The Hall–Kier alpha value is -1.97. The Morgan fingerprint density at radius 2 is 1.85 bits per heavy atom. The molecule has 26 heavy (non-hydrogen) atoms. The van der Waals surface area contributed by atoms with Gasteiger partial charge in [0.15, 0.2) is 0 Å². The third-order valence-electron chi connectivity index (χ3n) is 5.96. The molecule has 3 saturated heterocycles. The fourth-order valence-corrected chi connectivity index (χ4v) is 4.50. The average molecular weight is 369 g/mol. The van der Waals surface area contributed by atoms with Crippen molar-refractivity contribution in [3.63, 3.8) is 0 Å². The highest BCUT2D eigenvalue weighted by molar-refractivity contribution is 6.07. The standard InChI is InChI=1S/C22H24N2O.ClH/c1-15(20-13-24-10-8-16(20)9-11-24)14-25-17-6-7-19-18-4-2-3-5-21(18)23-22(19)12-17;/h2-7,12,16,23H,8-11,13-14H2,1H3;1H. The first-order valence-corrected chi connectivity index (χ1v) is 9.32. The van der Waals surface area contributed by atoms with Crippen molar-refractivity contribution in [3.05, 3.63) is 53.6 Å². The number of para-hydroxylation sites is 1. The summed E-state index contributed by atoms with van der Waals surface area (Å²) in [5.74, 6) is 1.74. The Labute approximate surface area is 160 Å². The number of aromatic nitrogens is 1. The van der Waals surface area contributed by atoms with Crippen LogP contribution in [0.15, 0.2) is 53.6 Å². The Kier molecular flexibility index (Phi) is 4.68. The van der Waals surface area contributed by atoms with Gasteiger partial charge in [-0.3, -0.25) is 4.90 Å². The number of nitrogens with zero attached hydrogens (tertiary/aromatic N) is 1. The van der Waals surface area contributed by atoms with Gasteiger partial charge in [0.2, 0.25) is 0 Å². The molecule has 4 heterocycles. The molecular formula is C22H25ClN2O. The van der Waals surface area contributed by atoms with Crippen LogP contribution in [0.5, 0.6) is 5.75 Å². The molecule has 0 spiro atoms. The zero-order valence-corrected chi connectivity index (χ0v) is 15.9. The quantitative estimate of drug-likeness (QED) is 0.646. The highest BCUT2D eigenvalue weighted by atomic mass is 35.5. The highest BCUT2D eigenvalue weighted by Gasteiger charge is 2.30. The van der Waals surface area contributed by atoms with E-state index in [-0.39, 0.29) is 12.4 Å². The van der Waals surface area contributed by atoms with E-state index in [1.54, 1.807) is 5.57 Å². The number of ether oxygens (including phenoxy) is 1. The molecule has 0 unspecified atom stereocenters. The maximum atomic E-state index is 6.14. The zero-order chi connectivity index (χ0) is 16.8. The van der Waals surface area contributed by atoms with Gasteiger partial charge < -0.3 is 9.72 Å². The van der Waals surface area contributed by atoms with Gasteiger partial charge in [0, 0.05) is 28.9 Å². The van der Waals surface area contributed by atoms with Crippen molar-refractivity contribution in [1.82, 2.24) is 9.88 Å². The summed E-state index contributed by atoms with van der Waals surface area (Å²) in [4.78, 5) is 6.07. The summed E-state index contributed by atoms with van der Waals surface area (Å²) >= 11 is 0. The lowest BCUT2D eigenvalue weighted by Gasteiger charge is -2.42. The number of nitrogens with one attached hydrogen (secondary N) is 1. The monoisotopic (exact) mass is 368 g/mol. The molecule has 6 rings (SSSR count). The van der Waals surface area contributed by atoms with Crippen LogP contribution in [0, 0.1) is 5.92 Å². The molecule has 3 aliphatic rings. The van der Waals surface area contributed by atoms with Crippen LogP contribution >= 0.6 is 12.4 Å². The van der Waals surface area contributed by atoms with Crippen LogP contribution in [0.25, 0.3) is 21.8 Å². The summed E-state index contributed by atoms with van der Waals surface area (Å²) in [7, 11) is 0. The summed E-state index contributed by atoms with van der Waals surface area (Å²) < 4.78 is 6.14. The fraction of sp³-hybridized carbons (Fsp3) is 0.364. The fourth-order valence-electron chi connectivity index (χ4n) is 4.50. The maximum Gasteiger partial charge on any atom is 0.121 e. The molecule has 3 aliphatic heterocycles. The molecule has 0 atom stereocenters. The predicted molar refractivity (Wildman–Crippen MR) is 110 cm³/mol. The van der Waals surface area contributed by atoms with Gasteiger partial charge in [0.25, 0.3) is 0 Å². The Morgan fingerprint density at radius 1 is 1.08 bits per heavy atom. The summed E-state index contributed by atoms with van der Waals surface area (Å²) in [5.41, 5.74) is 5.38. The first-order chi connectivity index (χ1) is 12.3. The number of halogens is 1. The number of piperidine rings is 3. The molecule has 0 radical (unpaired) electrons. The van der Waals surface area contributed by atoms with E-state index in [1.165, 1.54) is 47.8 Å². The first-order valence-electron chi connectivity index (χ1n) is 9.32. The molecule has 3 nitrogen and oxygen atoms in total. The van der Waals surface area contributed by atoms with Crippen LogP contribution in [0.3, 0.4) is 0 Å². The molecule has 3 fully saturated rings. The van der Waals surface area contributed by atoms with E-state index in [0.29, 0.717) is 6.61 Å². The second-order valence-electron chi connectivity index (χ2n) is 7.52. The van der Waals surface area contributed by atoms with E-state index in [9.17, 15) is 0 Å². The molecule has 0 aliphatic carbocycles. The van der Waals surface area contributed by atoms with Crippen molar-refractivity contribution in [2.45, 2.75) is 19.8 Å². The van der Waals surface area contributed by atoms with Gasteiger partial charge in [0.1, 0.15) is 12.4 Å². The summed E-state index contributed by atoms with van der Waals surface area (Å²) in [6.07, 6.45) is 2.65. The second kappa shape index (κ2) is 6.98. The Bertz CT molecular complexity index is 967. The van der Waals surface area contributed by atoms with Gasteiger partial charge in [-0.15, -0.1) is 12.4 Å². The summed E-state index contributed by atoms with van der Waals surface area (Å²) in [6.45, 7) is 6.66. The molecule has 2 aromatic carbocycles. The lowest BCUT2D eigenvalue weighted by Crippen LogP contribution is -2.43. The van der Waals surface area contributed by atoms with Crippen molar-refractivity contribution in [3.8, 4) is 5.75 Å². The molecule has 0 amide bonds.